The molecule has 1 aromatic carbocycles. The van der Waals surface area contributed by atoms with Gasteiger partial charge in [-0.2, -0.15) is 0 Å². The van der Waals surface area contributed by atoms with E-state index >= 15 is 0 Å². The largest absolute Gasteiger partial charge is 0.320 e. The van der Waals surface area contributed by atoms with Crippen molar-refractivity contribution < 1.29 is 8.42 Å². The van der Waals surface area contributed by atoms with Crippen molar-refractivity contribution in [3.05, 3.63) is 35.4 Å². The highest BCUT2D eigenvalue weighted by Crippen LogP contribution is 2.12. The lowest BCUT2D eigenvalue weighted by Gasteiger charge is -2.18. The normalized spacial score (nSPS) is 12.0. The predicted octanol–water partition coefficient (Wildman–Crippen LogP) is 1.76. The van der Waals surface area contributed by atoms with Gasteiger partial charge >= 0.3 is 0 Å². The Labute approximate surface area is 116 Å². The van der Waals surface area contributed by atoms with Crippen molar-refractivity contribution in [3.8, 4) is 0 Å². The van der Waals surface area contributed by atoms with Crippen LogP contribution < -0.4 is 5.32 Å². The van der Waals surface area contributed by atoms with Gasteiger partial charge in [0.1, 0.15) is 0 Å². The maximum absolute atomic E-state index is 12.1. The van der Waals surface area contributed by atoms with Gasteiger partial charge in [-0.1, -0.05) is 24.3 Å². The molecule has 0 spiro atoms. The number of hydrogen-bond acceptors (Lipinski definition) is 3. The fraction of sp³-hybridized carbons (Fsp3) is 0.571. The molecule has 0 bridgehead atoms. The number of aryl methyl sites for hydroxylation is 1. The summed E-state index contributed by atoms with van der Waals surface area (Å²) < 4.78 is 25.7. The van der Waals surface area contributed by atoms with Crippen LogP contribution in [-0.4, -0.2) is 39.1 Å². The van der Waals surface area contributed by atoms with E-state index in [1.807, 2.05) is 38.2 Å². The number of sulfonamides is 1. The molecule has 1 aromatic rings. The summed E-state index contributed by atoms with van der Waals surface area (Å²) in [6.45, 7) is 3.31. The van der Waals surface area contributed by atoms with Crippen LogP contribution in [0.15, 0.2) is 24.3 Å². The third kappa shape index (κ3) is 5.30. The molecular weight excluding hydrogens is 260 g/mol. The summed E-state index contributed by atoms with van der Waals surface area (Å²) in [7, 11) is 0.376. The Bertz CT molecular complexity index is 486. The lowest BCUT2D eigenvalue weighted by molar-refractivity contribution is 0.463. The van der Waals surface area contributed by atoms with Crippen molar-refractivity contribution in [2.75, 3.05) is 26.4 Å². The van der Waals surface area contributed by atoms with Crippen LogP contribution in [0.3, 0.4) is 0 Å². The van der Waals surface area contributed by atoms with Crippen molar-refractivity contribution in [1.82, 2.24) is 9.62 Å². The van der Waals surface area contributed by atoms with Crippen LogP contribution in [0, 0.1) is 6.92 Å². The van der Waals surface area contributed by atoms with Crippen molar-refractivity contribution >= 4 is 10.0 Å². The monoisotopic (exact) mass is 284 g/mol. The Balaban J connectivity index is 2.56. The molecule has 108 valence electrons. The SMILES string of the molecule is CNCCCCS(=O)(=O)N(C)Cc1ccccc1C. The van der Waals surface area contributed by atoms with Gasteiger partial charge in [-0.15, -0.1) is 0 Å². The van der Waals surface area contributed by atoms with Gasteiger partial charge in [-0.25, -0.2) is 12.7 Å². The van der Waals surface area contributed by atoms with E-state index in [1.165, 1.54) is 4.31 Å². The second kappa shape index (κ2) is 7.62. The molecule has 0 unspecified atom stereocenters. The van der Waals surface area contributed by atoms with E-state index < -0.39 is 10.0 Å². The molecule has 0 aromatic heterocycles. The maximum Gasteiger partial charge on any atom is 0.214 e. The van der Waals surface area contributed by atoms with Gasteiger partial charge in [0.05, 0.1) is 5.75 Å². The third-order valence-corrected chi connectivity index (χ3v) is 5.09. The van der Waals surface area contributed by atoms with Gasteiger partial charge in [0, 0.05) is 13.6 Å². The Morgan fingerprint density at radius 1 is 1.21 bits per heavy atom. The second-order valence-corrected chi connectivity index (χ2v) is 7.00. The molecule has 5 heteroatoms. The predicted molar refractivity (Wildman–Crippen MR) is 79.6 cm³/mol. The first-order valence-corrected chi connectivity index (χ1v) is 8.21. The summed E-state index contributed by atoms with van der Waals surface area (Å²) in [5.74, 6) is 0.219. The molecular formula is C14H24N2O2S. The smallest absolute Gasteiger partial charge is 0.214 e. The Hall–Kier alpha value is -0.910. The highest BCUT2D eigenvalue weighted by atomic mass is 32.2. The van der Waals surface area contributed by atoms with Gasteiger partial charge in [0.2, 0.25) is 10.0 Å². The molecule has 1 N–H and O–H groups in total. The van der Waals surface area contributed by atoms with Crippen LogP contribution in [-0.2, 0) is 16.6 Å². The van der Waals surface area contributed by atoms with Crippen LogP contribution >= 0.6 is 0 Å². The summed E-state index contributed by atoms with van der Waals surface area (Å²) >= 11 is 0. The highest BCUT2D eigenvalue weighted by molar-refractivity contribution is 7.89. The minimum Gasteiger partial charge on any atom is -0.320 e. The van der Waals surface area contributed by atoms with E-state index in [9.17, 15) is 8.42 Å². The fourth-order valence-corrected chi connectivity index (χ4v) is 3.08. The number of benzene rings is 1. The number of unbranched alkanes of at least 4 members (excludes halogenated alkanes) is 1. The van der Waals surface area contributed by atoms with E-state index in [0.717, 1.165) is 24.1 Å². The van der Waals surface area contributed by atoms with Gasteiger partial charge < -0.3 is 5.32 Å². The Morgan fingerprint density at radius 3 is 2.53 bits per heavy atom. The van der Waals surface area contributed by atoms with E-state index in [4.69, 9.17) is 0 Å². The van der Waals surface area contributed by atoms with Crippen LogP contribution in [0.4, 0.5) is 0 Å². The minimum absolute atomic E-state index is 0.219. The van der Waals surface area contributed by atoms with Gasteiger partial charge in [-0.05, 0) is 44.5 Å². The first kappa shape index (κ1) is 16.1. The molecule has 0 aliphatic heterocycles. The third-order valence-electron chi connectivity index (χ3n) is 3.21. The van der Waals surface area contributed by atoms with Crippen molar-refractivity contribution in [3.63, 3.8) is 0 Å². The zero-order valence-corrected chi connectivity index (χ0v) is 12.8. The second-order valence-electron chi connectivity index (χ2n) is 4.81. The highest BCUT2D eigenvalue weighted by Gasteiger charge is 2.17. The van der Waals surface area contributed by atoms with Crippen LogP contribution in [0.1, 0.15) is 24.0 Å². The number of rotatable bonds is 8. The van der Waals surface area contributed by atoms with Crippen LogP contribution in [0.25, 0.3) is 0 Å². The average molecular weight is 284 g/mol. The molecule has 4 nitrogen and oxygen atoms in total. The molecule has 0 aliphatic carbocycles. The number of nitrogens with zero attached hydrogens (tertiary/aromatic N) is 1. The summed E-state index contributed by atoms with van der Waals surface area (Å²) in [6, 6.07) is 7.88. The van der Waals surface area contributed by atoms with E-state index in [2.05, 4.69) is 5.32 Å². The number of hydrogen-bond donors (Lipinski definition) is 1. The summed E-state index contributed by atoms with van der Waals surface area (Å²) in [5, 5.41) is 3.02. The molecule has 0 atom stereocenters. The molecule has 0 fully saturated rings. The van der Waals surface area contributed by atoms with E-state index in [0.29, 0.717) is 13.0 Å². The molecule has 0 saturated heterocycles. The number of nitrogens with one attached hydrogen (secondary N) is 1. The first-order chi connectivity index (χ1) is 8.97. The zero-order valence-electron chi connectivity index (χ0n) is 12.0. The molecule has 0 aliphatic rings. The van der Waals surface area contributed by atoms with E-state index in [1.54, 1.807) is 7.05 Å². The Morgan fingerprint density at radius 2 is 1.89 bits per heavy atom. The Kier molecular flexibility index (Phi) is 6.48. The summed E-state index contributed by atoms with van der Waals surface area (Å²) in [5.41, 5.74) is 2.18. The van der Waals surface area contributed by atoms with Gasteiger partial charge in [0.25, 0.3) is 0 Å². The zero-order chi connectivity index (χ0) is 14.3. The van der Waals surface area contributed by atoms with Gasteiger partial charge in [0.15, 0.2) is 0 Å². The summed E-state index contributed by atoms with van der Waals surface area (Å²) in [6.07, 6.45) is 1.58. The topological polar surface area (TPSA) is 49.4 Å². The molecule has 0 amide bonds. The van der Waals surface area contributed by atoms with Gasteiger partial charge in [-0.3, -0.25) is 0 Å². The molecule has 0 radical (unpaired) electrons. The summed E-state index contributed by atoms with van der Waals surface area (Å²) in [4.78, 5) is 0. The first-order valence-electron chi connectivity index (χ1n) is 6.60. The maximum atomic E-state index is 12.1. The van der Waals surface area contributed by atoms with E-state index in [-0.39, 0.29) is 5.75 Å². The van der Waals surface area contributed by atoms with Crippen molar-refractivity contribution in [1.29, 1.82) is 0 Å². The van der Waals surface area contributed by atoms with Crippen molar-refractivity contribution in [2.24, 2.45) is 0 Å². The molecule has 0 saturated carbocycles. The molecule has 0 heterocycles. The standard InChI is InChI=1S/C14H24N2O2S/c1-13-8-4-5-9-14(13)12-16(3)19(17,18)11-7-6-10-15-2/h4-5,8-9,15H,6-7,10-12H2,1-3H3. The lowest BCUT2D eigenvalue weighted by atomic mass is 10.1. The lowest BCUT2D eigenvalue weighted by Crippen LogP contribution is -2.29. The quantitative estimate of drug-likeness (QED) is 0.740. The molecule has 19 heavy (non-hydrogen) atoms. The minimum atomic E-state index is -3.15. The fourth-order valence-electron chi connectivity index (χ4n) is 1.87. The average Bonchev–Trinajstić information content (AvgIpc) is 2.37. The molecule has 1 rings (SSSR count). The van der Waals surface area contributed by atoms with Crippen LogP contribution in [0.5, 0.6) is 0 Å². The van der Waals surface area contributed by atoms with Crippen LogP contribution in [0.2, 0.25) is 0 Å². The van der Waals surface area contributed by atoms with Crippen molar-refractivity contribution in [2.45, 2.75) is 26.3 Å².